The van der Waals surface area contributed by atoms with E-state index in [9.17, 15) is 20.0 Å². The van der Waals surface area contributed by atoms with Crippen LogP contribution in [0.15, 0.2) is 11.6 Å². The van der Waals surface area contributed by atoms with E-state index in [1.165, 1.54) is 15.7 Å². The molecule has 1 atom stereocenters. The molecule has 114 valence electrons. The minimum absolute atomic E-state index is 0.110. The van der Waals surface area contributed by atoms with Crippen LogP contribution in [-0.2, 0) is 4.79 Å². The van der Waals surface area contributed by atoms with E-state index in [4.69, 9.17) is 0 Å². The average molecular weight is 312 g/mol. The maximum Gasteiger partial charge on any atom is 0.372 e. The number of carboxylic acid groups (broad SMARTS) is 1. The second-order valence-electron chi connectivity index (χ2n) is 5.14. The minimum Gasteiger partial charge on any atom is -0.481 e. The second kappa shape index (κ2) is 6.08. The lowest BCUT2D eigenvalue weighted by molar-refractivity contribution is -0.389. The van der Waals surface area contributed by atoms with Crippen molar-refractivity contribution in [1.29, 1.82) is 0 Å². The number of rotatable bonds is 7. The molecule has 1 unspecified atom stereocenters. The third-order valence-electron chi connectivity index (χ3n) is 3.03. The SMILES string of the molecule is CC(C)CC(CNc1nc2sccn2c1[N+](=O)[O-])C(=O)O. The normalized spacial score (nSPS) is 12.7. The molecule has 21 heavy (non-hydrogen) atoms. The van der Waals surface area contributed by atoms with Gasteiger partial charge in [0.25, 0.3) is 4.96 Å². The second-order valence-corrected chi connectivity index (χ2v) is 6.02. The summed E-state index contributed by atoms with van der Waals surface area (Å²) >= 11 is 1.28. The van der Waals surface area contributed by atoms with E-state index in [-0.39, 0.29) is 24.1 Å². The van der Waals surface area contributed by atoms with Gasteiger partial charge in [-0.25, -0.2) is 0 Å². The van der Waals surface area contributed by atoms with Gasteiger partial charge in [-0.05, 0) is 17.3 Å². The lowest BCUT2D eigenvalue weighted by Crippen LogP contribution is -2.24. The maximum atomic E-state index is 11.2. The van der Waals surface area contributed by atoms with Gasteiger partial charge in [0.2, 0.25) is 5.82 Å². The topological polar surface area (TPSA) is 110 Å². The van der Waals surface area contributed by atoms with Crippen LogP contribution in [-0.4, -0.2) is 31.9 Å². The van der Waals surface area contributed by atoms with E-state index in [2.05, 4.69) is 10.3 Å². The number of nitro groups is 1. The Bertz CT molecular complexity index is 663. The minimum atomic E-state index is -0.917. The van der Waals surface area contributed by atoms with Crippen molar-refractivity contribution in [1.82, 2.24) is 9.38 Å². The van der Waals surface area contributed by atoms with Gasteiger partial charge in [-0.15, -0.1) is 0 Å². The molecular weight excluding hydrogens is 296 g/mol. The summed E-state index contributed by atoms with van der Waals surface area (Å²) in [5.74, 6) is -1.35. The molecule has 0 aliphatic heterocycles. The first-order valence-electron chi connectivity index (χ1n) is 6.46. The lowest BCUT2D eigenvalue weighted by atomic mass is 9.97. The van der Waals surface area contributed by atoms with E-state index >= 15 is 0 Å². The number of imidazole rings is 1. The number of aliphatic carboxylic acids is 1. The zero-order valence-corrected chi connectivity index (χ0v) is 12.5. The number of hydrogen-bond acceptors (Lipinski definition) is 6. The zero-order chi connectivity index (χ0) is 15.6. The predicted molar refractivity (Wildman–Crippen MR) is 78.8 cm³/mol. The number of nitrogens with one attached hydrogen (secondary N) is 1. The molecule has 8 nitrogen and oxygen atoms in total. The lowest BCUT2D eigenvalue weighted by Gasteiger charge is -2.14. The van der Waals surface area contributed by atoms with Gasteiger partial charge >= 0.3 is 11.8 Å². The van der Waals surface area contributed by atoms with Crippen LogP contribution < -0.4 is 5.32 Å². The van der Waals surface area contributed by atoms with Crippen LogP contribution in [0.5, 0.6) is 0 Å². The Morgan fingerprint density at radius 2 is 2.33 bits per heavy atom. The summed E-state index contributed by atoms with van der Waals surface area (Å²) in [4.78, 5) is 26.5. The van der Waals surface area contributed by atoms with Gasteiger partial charge in [-0.1, -0.05) is 25.2 Å². The highest BCUT2D eigenvalue weighted by Gasteiger charge is 2.25. The molecule has 0 aliphatic rings. The molecule has 2 aromatic rings. The molecule has 2 heterocycles. The molecule has 0 spiro atoms. The number of hydrogen-bond donors (Lipinski definition) is 2. The first kappa shape index (κ1) is 15.2. The zero-order valence-electron chi connectivity index (χ0n) is 11.6. The van der Waals surface area contributed by atoms with Crippen LogP contribution in [0.2, 0.25) is 0 Å². The molecule has 2 aromatic heterocycles. The molecule has 0 radical (unpaired) electrons. The summed E-state index contributed by atoms with van der Waals surface area (Å²) in [5.41, 5.74) is 0. The average Bonchev–Trinajstić information content (AvgIpc) is 2.92. The molecule has 2 rings (SSSR count). The molecule has 2 N–H and O–H groups in total. The number of aromatic nitrogens is 2. The number of anilines is 1. The Kier molecular flexibility index (Phi) is 4.41. The van der Waals surface area contributed by atoms with Crippen molar-refractivity contribution in [3.8, 4) is 0 Å². The Morgan fingerprint density at radius 3 is 2.90 bits per heavy atom. The fourth-order valence-electron chi connectivity index (χ4n) is 2.13. The van der Waals surface area contributed by atoms with Crippen molar-refractivity contribution in [2.75, 3.05) is 11.9 Å². The highest BCUT2D eigenvalue weighted by molar-refractivity contribution is 7.15. The predicted octanol–water partition coefficient (Wildman–Crippen LogP) is 2.46. The summed E-state index contributed by atoms with van der Waals surface area (Å²) < 4.78 is 1.38. The van der Waals surface area contributed by atoms with Gasteiger partial charge in [0.15, 0.2) is 0 Å². The first-order chi connectivity index (χ1) is 9.90. The largest absolute Gasteiger partial charge is 0.481 e. The van der Waals surface area contributed by atoms with Crippen LogP contribution in [0.25, 0.3) is 4.96 Å². The molecule has 0 aromatic carbocycles. The first-order valence-corrected chi connectivity index (χ1v) is 7.34. The molecule has 0 saturated carbocycles. The fraction of sp³-hybridized carbons (Fsp3) is 0.500. The summed E-state index contributed by atoms with van der Waals surface area (Å²) in [5, 5.41) is 24.8. The number of nitrogens with zero attached hydrogens (tertiary/aromatic N) is 3. The van der Waals surface area contributed by atoms with E-state index in [0.29, 0.717) is 11.4 Å². The molecule has 0 fully saturated rings. The molecule has 0 aliphatic carbocycles. The molecular formula is C12H16N4O4S. The van der Waals surface area contributed by atoms with Crippen LogP contribution in [0.3, 0.4) is 0 Å². The number of carboxylic acids is 1. The van der Waals surface area contributed by atoms with Crippen molar-refractivity contribution in [3.63, 3.8) is 0 Å². The van der Waals surface area contributed by atoms with Gasteiger partial charge in [-0.2, -0.15) is 9.38 Å². The van der Waals surface area contributed by atoms with E-state index in [1.807, 2.05) is 13.8 Å². The van der Waals surface area contributed by atoms with Gasteiger partial charge in [0, 0.05) is 11.9 Å². The summed E-state index contributed by atoms with van der Waals surface area (Å²) in [6.45, 7) is 3.98. The van der Waals surface area contributed by atoms with Crippen molar-refractivity contribution in [2.45, 2.75) is 20.3 Å². The highest BCUT2D eigenvalue weighted by atomic mass is 32.1. The van der Waals surface area contributed by atoms with Crippen molar-refractivity contribution >= 4 is 33.9 Å². The smallest absolute Gasteiger partial charge is 0.372 e. The summed E-state index contributed by atoms with van der Waals surface area (Å²) in [6, 6.07) is 0. The van der Waals surface area contributed by atoms with Crippen LogP contribution in [0.1, 0.15) is 20.3 Å². The van der Waals surface area contributed by atoms with Crippen molar-refractivity contribution < 1.29 is 14.8 Å². The Labute approximate surface area is 124 Å². The van der Waals surface area contributed by atoms with Gasteiger partial charge in [0.1, 0.15) is 6.20 Å². The van der Waals surface area contributed by atoms with Crippen LogP contribution >= 0.6 is 11.3 Å². The van der Waals surface area contributed by atoms with E-state index < -0.39 is 16.8 Å². The Balaban J connectivity index is 2.19. The maximum absolute atomic E-state index is 11.2. The number of fused-ring (bicyclic) bond motifs is 1. The standard InChI is InChI=1S/C12H16N4O4S/c1-7(2)5-8(11(17)18)6-13-9-10(16(19)20)15-3-4-21-12(15)14-9/h3-4,7-8,13H,5-6H2,1-2H3,(H,17,18). The van der Waals surface area contributed by atoms with Crippen molar-refractivity contribution in [3.05, 3.63) is 21.7 Å². The van der Waals surface area contributed by atoms with Crippen LogP contribution in [0, 0.1) is 22.0 Å². The van der Waals surface area contributed by atoms with Gasteiger partial charge in [-0.3, -0.25) is 4.79 Å². The number of thiazole rings is 1. The van der Waals surface area contributed by atoms with E-state index in [1.54, 1.807) is 11.6 Å². The Morgan fingerprint density at radius 1 is 1.62 bits per heavy atom. The molecule has 0 amide bonds. The van der Waals surface area contributed by atoms with Crippen LogP contribution in [0.4, 0.5) is 11.6 Å². The fourth-order valence-corrected chi connectivity index (χ4v) is 2.84. The third-order valence-corrected chi connectivity index (χ3v) is 3.79. The molecule has 9 heteroatoms. The number of carbonyl (C=O) groups is 1. The molecule has 0 saturated heterocycles. The third kappa shape index (κ3) is 3.30. The van der Waals surface area contributed by atoms with E-state index in [0.717, 1.165) is 0 Å². The summed E-state index contributed by atoms with van der Waals surface area (Å²) in [6.07, 6.45) is 2.07. The van der Waals surface area contributed by atoms with Crippen molar-refractivity contribution in [2.24, 2.45) is 11.8 Å². The monoisotopic (exact) mass is 312 g/mol. The Hall–Kier alpha value is -2.16. The quantitative estimate of drug-likeness (QED) is 0.600. The molecule has 0 bridgehead atoms. The van der Waals surface area contributed by atoms with Gasteiger partial charge < -0.3 is 20.5 Å². The van der Waals surface area contributed by atoms with Gasteiger partial charge in [0.05, 0.1) is 5.92 Å². The summed E-state index contributed by atoms with van der Waals surface area (Å²) in [7, 11) is 0. The highest BCUT2D eigenvalue weighted by Crippen LogP contribution is 2.28.